The monoisotopic (exact) mass is 459 g/mol. The average molecular weight is 460 g/mol. The lowest BCUT2D eigenvalue weighted by Crippen LogP contribution is -2.38. The highest BCUT2D eigenvalue weighted by atomic mass is 127. The third kappa shape index (κ3) is 7.39. The maximum absolute atomic E-state index is 13.3. The van der Waals surface area contributed by atoms with Crippen molar-refractivity contribution >= 4 is 45.9 Å². The van der Waals surface area contributed by atoms with Crippen LogP contribution in [0, 0.1) is 5.82 Å². The summed E-state index contributed by atoms with van der Waals surface area (Å²) >= 11 is 3.13. The minimum absolute atomic E-state index is 0. The molecule has 114 valence electrons. The third-order valence-electron chi connectivity index (χ3n) is 2.41. The smallest absolute Gasteiger partial charge is 0.191 e. The van der Waals surface area contributed by atoms with E-state index in [0.717, 1.165) is 5.56 Å². The van der Waals surface area contributed by atoms with Crippen LogP contribution in [0.1, 0.15) is 12.5 Å². The van der Waals surface area contributed by atoms with Crippen LogP contribution in [0.4, 0.5) is 4.39 Å². The van der Waals surface area contributed by atoms with Crippen LogP contribution in [0.15, 0.2) is 27.7 Å². The second-order valence-corrected chi connectivity index (χ2v) is 4.65. The molecular weight excluding hydrogens is 440 g/mol. The van der Waals surface area contributed by atoms with Gasteiger partial charge in [-0.2, -0.15) is 0 Å². The van der Waals surface area contributed by atoms with Crippen LogP contribution < -0.4 is 10.6 Å². The molecule has 0 aromatic heterocycles. The van der Waals surface area contributed by atoms with Gasteiger partial charge in [-0.25, -0.2) is 4.39 Å². The molecule has 4 nitrogen and oxygen atoms in total. The van der Waals surface area contributed by atoms with Gasteiger partial charge in [0, 0.05) is 26.7 Å². The summed E-state index contributed by atoms with van der Waals surface area (Å²) in [5.74, 6) is 0.404. The molecule has 0 saturated carbocycles. The van der Waals surface area contributed by atoms with Gasteiger partial charge < -0.3 is 15.4 Å². The van der Waals surface area contributed by atoms with Gasteiger partial charge >= 0.3 is 0 Å². The Balaban J connectivity index is 0.00000361. The number of ether oxygens (including phenoxy) is 1. The summed E-state index contributed by atoms with van der Waals surface area (Å²) in [6.07, 6.45) is 0. The number of nitrogens with one attached hydrogen (secondary N) is 2. The van der Waals surface area contributed by atoms with E-state index in [9.17, 15) is 4.39 Å². The molecule has 0 saturated heterocycles. The Morgan fingerprint density at radius 3 is 2.75 bits per heavy atom. The van der Waals surface area contributed by atoms with Crippen molar-refractivity contribution in [2.24, 2.45) is 4.99 Å². The second kappa shape index (κ2) is 11.3. The summed E-state index contributed by atoms with van der Waals surface area (Å²) in [6, 6.07) is 5.04. The van der Waals surface area contributed by atoms with Gasteiger partial charge in [-0.15, -0.1) is 24.0 Å². The first-order valence-electron chi connectivity index (χ1n) is 6.13. The minimum Gasteiger partial charge on any atom is -0.380 e. The van der Waals surface area contributed by atoms with Crippen LogP contribution in [0.2, 0.25) is 0 Å². The van der Waals surface area contributed by atoms with E-state index in [1.54, 1.807) is 13.1 Å². The molecule has 0 fully saturated rings. The molecule has 0 amide bonds. The number of halogens is 3. The maximum atomic E-state index is 13.3. The lowest BCUT2D eigenvalue weighted by molar-refractivity contribution is 0.152. The Labute approximate surface area is 144 Å². The molecule has 0 atom stereocenters. The number of guanidine groups is 1. The summed E-state index contributed by atoms with van der Waals surface area (Å²) in [4.78, 5) is 4.08. The van der Waals surface area contributed by atoms with Gasteiger partial charge in [-0.3, -0.25) is 4.99 Å². The van der Waals surface area contributed by atoms with Gasteiger partial charge in [-0.05, 0) is 40.5 Å². The van der Waals surface area contributed by atoms with Crippen LogP contribution in [0.5, 0.6) is 0 Å². The fourth-order valence-corrected chi connectivity index (χ4v) is 1.69. The van der Waals surface area contributed by atoms with Crippen molar-refractivity contribution in [2.75, 3.05) is 26.8 Å². The second-order valence-electron chi connectivity index (χ2n) is 3.80. The molecule has 0 radical (unpaired) electrons. The van der Waals surface area contributed by atoms with Crippen molar-refractivity contribution in [3.05, 3.63) is 34.1 Å². The van der Waals surface area contributed by atoms with E-state index in [1.807, 2.05) is 13.0 Å². The van der Waals surface area contributed by atoms with Gasteiger partial charge in [0.2, 0.25) is 0 Å². The molecule has 0 heterocycles. The van der Waals surface area contributed by atoms with Gasteiger partial charge in [0.05, 0.1) is 11.1 Å². The summed E-state index contributed by atoms with van der Waals surface area (Å²) in [5.41, 5.74) is 0.855. The Bertz CT molecular complexity index is 432. The molecule has 2 N–H and O–H groups in total. The molecular formula is C13H20BrFIN3O. The topological polar surface area (TPSA) is 45.6 Å². The third-order valence-corrected chi connectivity index (χ3v) is 3.05. The first-order valence-corrected chi connectivity index (χ1v) is 6.92. The summed E-state index contributed by atoms with van der Waals surface area (Å²) in [5, 5.41) is 6.22. The highest BCUT2D eigenvalue weighted by Crippen LogP contribution is 2.16. The SMILES string of the molecule is CCOCCNC(=NC)NCc1ccc(Br)c(F)c1.I. The number of benzene rings is 1. The molecule has 0 aliphatic heterocycles. The Morgan fingerprint density at radius 1 is 1.40 bits per heavy atom. The Hall–Kier alpha value is -0.410. The molecule has 1 rings (SSSR count). The highest BCUT2D eigenvalue weighted by Gasteiger charge is 2.02. The Morgan fingerprint density at radius 2 is 2.15 bits per heavy atom. The highest BCUT2D eigenvalue weighted by molar-refractivity contribution is 14.0. The quantitative estimate of drug-likeness (QED) is 0.297. The van der Waals surface area contributed by atoms with Crippen molar-refractivity contribution in [1.82, 2.24) is 10.6 Å². The average Bonchev–Trinajstić information content (AvgIpc) is 2.42. The van der Waals surface area contributed by atoms with E-state index in [-0.39, 0.29) is 29.8 Å². The van der Waals surface area contributed by atoms with Crippen LogP contribution in [-0.4, -0.2) is 32.8 Å². The summed E-state index contributed by atoms with van der Waals surface area (Å²) in [7, 11) is 1.69. The lowest BCUT2D eigenvalue weighted by atomic mass is 10.2. The van der Waals surface area contributed by atoms with Crippen LogP contribution in [-0.2, 0) is 11.3 Å². The maximum Gasteiger partial charge on any atom is 0.191 e. The normalized spacial score (nSPS) is 10.9. The summed E-state index contributed by atoms with van der Waals surface area (Å²) in [6.45, 7) is 4.48. The first kappa shape index (κ1) is 19.6. The number of aliphatic imine (C=N–C) groups is 1. The molecule has 1 aromatic rings. The molecule has 0 bridgehead atoms. The first-order chi connectivity index (χ1) is 9.17. The van der Waals surface area contributed by atoms with Crippen molar-refractivity contribution in [3.8, 4) is 0 Å². The largest absolute Gasteiger partial charge is 0.380 e. The van der Waals surface area contributed by atoms with Gasteiger partial charge in [0.15, 0.2) is 5.96 Å². The predicted octanol–water partition coefficient (Wildman–Crippen LogP) is 2.91. The number of hydrogen-bond donors (Lipinski definition) is 2. The van der Waals surface area contributed by atoms with Crippen molar-refractivity contribution in [2.45, 2.75) is 13.5 Å². The van der Waals surface area contributed by atoms with Crippen LogP contribution in [0.3, 0.4) is 0 Å². The molecule has 7 heteroatoms. The lowest BCUT2D eigenvalue weighted by Gasteiger charge is -2.12. The zero-order valence-electron chi connectivity index (χ0n) is 11.6. The van der Waals surface area contributed by atoms with Crippen molar-refractivity contribution < 1.29 is 9.13 Å². The number of hydrogen-bond acceptors (Lipinski definition) is 2. The van der Waals surface area contributed by atoms with Crippen molar-refractivity contribution in [1.29, 1.82) is 0 Å². The van der Waals surface area contributed by atoms with E-state index < -0.39 is 0 Å². The minimum atomic E-state index is -0.265. The van der Waals surface area contributed by atoms with Gasteiger partial charge in [-0.1, -0.05) is 6.07 Å². The van der Waals surface area contributed by atoms with Crippen LogP contribution >= 0.6 is 39.9 Å². The fraction of sp³-hybridized carbons (Fsp3) is 0.462. The number of nitrogens with zero attached hydrogens (tertiary/aromatic N) is 1. The molecule has 20 heavy (non-hydrogen) atoms. The Kier molecular flexibility index (Phi) is 11.0. The molecule has 0 aliphatic rings. The van der Waals surface area contributed by atoms with E-state index in [2.05, 4.69) is 31.6 Å². The van der Waals surface area contributed by atoms with Gasteiger partial charge in [0.1, 0.15) is 5.82 Å². The fourth-order valence-electron chi connectivity index (χ4n) is 1.44. The summed E-state index contributed by atoms with van der Waals surface area (Å²) < 4.78 is 19.0. The van der Waals surface area contributed by atoms with Crippen LogP contribution in [0.25, 0.3) is 0 Å². The number of rotatable bonds is 6. The predicted molar refractivity (Wildman–Crippen MR) is 94.2 cm³/mol. The molecule has 0 spiro atoms. The van der Waals surface area contributed by atoms with E-state index >= 15 is 0 Å². The zero-order chi connectivity index (χ0) is 14.1. The van der Waals surface area contributed by atoms with E-state index in [0.29, 0.717) is 36.7 Å². The molecule has 1 aromatic carbocycles. The zero-order valence-corrected chi connectivity index (χ0v) is 15.5. The van der Waals surface area contributed by atoms with Gasteiger partial charge in [0.25, 0.3) is 0 Å². The standard InChI is InChI=1S/C13H19BrFN3O.HI/c1-3-19-7-6-17-13(16-2)18-9-10-4-5-11(14)12(15)8-10;/h4-5,8H,3,6-7,9H2,1-2H3,(H2,16,17,18);1H. The van der Waals surface area contributed by atoms with E-state index in [1.165, 1.54) is 6.07 Å². The van der Waals surface area contributed by atoms with Crippen molar-refractivity contribution in [3.63, 3.8) is 0 Å². The molecule has 0 aliphatic carbocycles. The van der Waals surface area contributed by atoms with E-state index in [4.69, 9.17) is 4.74 Å². The molecule has 0 unspecified atom stereocenters.